The Labute approximate surface area is 119 Å². The van der Waals surface area contributed by atoms with Crippen LogP contribution in [0.1, 0.15) is 28.4 Å². The van der Waals surface area contributed by atoms with Gasteiger partial charge in [0.25, 0.3) is 0 Å². The van der Waals surface area contributed by atoms with E-state index in [1.54, 1.807) is 6.07 Å². The third-order valence-corrected chi connectivity index (χ3v) is 3.16. The smallest absolute Gasteiger partial charge is 0.338 e. The van der Waals surface area contributed by atoms with Crippen LogP contribution >= 0.6 is 0 Å². The average Bonchev–Trinajstić information content (AvgIpc) is 2.52. The van der Waals surface area contributed by atoms with Crippen molar-refractivity contribution in [1.29, 1.82) is 0 Å². The third-order valence-electron chi connectivity index (χ3n) is 3.16. The summed E-state index contributed by atoms with van der Waals surface area (Å²) in [6.45, 7) is 2.44. The van der Waals surface area contributed by atoms with E-state index in [1.807, 2.05) is 42.5 Å². The standard InChI is InChI=1S/C17H18O3/c1-3-13-8-5-7-11-16(13)20-12-14-9-4-6-10-15(14)17(18)19-2/h4-11H,3,12H2,1-2H3. The second-order valence-electron chi connectivity index (χ2n) is 4.40. The molecule has 0 atom stereocenters. The van der Waals surface area contributed by atoms with E-state index in [-0.39, 0.29) is 5.97 Å². The first-order chi connectivity index (χ1) is 9.76. The van der Waals surface area contributed by atoms with Gasteiger partial charge in [-0.2, -0.15) is 0 Å². The van der Waals surface area contributed by atoms with Gasteiger partial charge in [-0.1, -0.05) is 43.3 Å². The normalized spacial score (nSPS) is 10.1. The summed E-state index contributed by atoms with van der Waals surface area (Å²) in [6, 6.07) is 15.2. The Kier molecular flexibility index (Phi) is 4.77. The van der Waals surface area contributed by atoms with Crippen molar-refractivity contribution in [3.8, 4) is 5.75 Å². The quantitative estimate of drug-likeness (QED) is 0.778. The number of carbonyl (C=O) groups excluding carboxylic acids is 1. The van der Waals surface area contributed by atoms with Gasteiger partial charge < -0.3 is 9.47 Å². The predicted octanol–water partition coefficient (Wildman–Crippen LogP) is 3.61. The van der Waals surface area contributed by atoms with Gasteiger partial charge in [0.05, 0.1) is 12.7 Å². The van der Waals surface area contributed by atoms with Crippen LogP contribution in [0, 0.1) is 0 Å². The molecule has 0 fully saturated rings. The lowest BCUT2D eigenvalue weighted by Crippen LogP contribution is -2.08. The maximum Gasteiger partial charge on any atom is 0.338 e. The molecule has 0 amide bonds. The first kappa shape index (κ1) is 14.1. The van der Waals surface area contributed by atoms with Crippen LogP contribution in [0.4, 0.5) is 0 Å². The van der Waals surface area contributed by atoms with E-state index >= 15 is 0 Å². The Morgan fingerprint density at radius 3 is 2.35 bits per heavy atom. The Morgan fingerprint density at radius 2 is 1.65 bits per heavy atom. The van der Waals surface area contributed by atoms with Crippen molar-refractivity contribution in [3.05, 3.63) is 65.2 Å². The van der Waals surface area contributed by atoms with Crippen molar-refractivity contribution in [2.24, 2.45) is 0 Å². The molecule has 2 rings (SSSR count). The molecule has 0 saturated heterocycles. The molecule has 2 aromatic carbocycles. The van der Waals surface area contributed by atoms with Gasteiger partial charge in [-0.15, -0.1) is 0 Å². The minimum atomic E-state index is -0.340. The zero-order chi connectivity index (χ0) is 14.4. The molecule has 2 aromatic rings. The molecule has 0 N–H and O–H groups in total. The van der Waals surface area contributed by atoms with Gasteiger partial charge in [-0.25, -0.2) is 4.79 Å². The molecule has 0 unspecified atom stereocenters. The summed E-state index contributed by atoms with van der Waals surface area (Å²) >= 11 is 0. The second-order valence-corrected chi connectivity index (χ2v) is 4.40. The lowest BCUT2D eigenvalue weighted by molar-refractivity contribution is 0.0597. The molecule has 0 aromatic heterocycles. The lowest BCUT2D eigenvalue weighted by atomic mass is 10.1. The Hall–Kier alpha value is -2.29. The molecule has 0 radical (unpaired) electrons. The maximum absolute atomic E-state index is 11.7. The first-order valence-corrected chi connectivity index (χ1v) is 6.63. The first-order valence-electron chi connectivity index (χ1n) is 6.63. The van der Waals surface area contributed by atoms with E-state index in [4.69, 9.17) is 9.47 Å². The number of esters is 1. The van der Waals surface area contributed by atoms with Crippen molar-refractivity contribution < 1.29 is 14.3 Å². The summed E-state index contributed by atoms with van der Waals surface area (Å²) < 4.78 is 10.6. The number of aryl methyl sites for hydroxylation is 1. The second kappa shape index (κ2) is 6.75. The topological polar surface area (TPSA) is 35.5 Å². The molecule has 3 nitrogen and oxygen atoms in total. The van der Waals surface area contributed by atoms with Gasteiger partial charge in [0.15, 0.2) is 0 Å². The highest BCUT2D eigenvalue weighted by Gasteiger charge is 2.11. The summed E-state index contributed by atoms with van der Waals surface area (Å²) in [4.78, 5) is 11.7. The number of hydrogen-bond acceptors (Lipinski definition) is 3. The van der Waals surface area contributed by atoms with Crippen molar-refractivity contribution in [2.45, 2.75) is 20.0 Å². The van der Waals surface area contributed by atoms with Gasteiger partial charge >= 0.3 is 5.97 Å². The van der Waals surface area contributed by atoms with Crippen LogP contribution in [0.2, 0.25) is 0 Å². The molecular weight excluding hydrogens is 252 g/mol. The molecule has 20 heavy (non-hydrogen) atoms. The van der Waals surface area contributed by atoms with Crippen LogP contribution in [0.25, 0.3) is 0 Å². The van der Waals surface area contributed by atoms with E-state index in [1.165, 1.54) is 7.11 Å². The van der Waals surface area contributed by atoms with Crippen LogP contribution in [0.5, 0.6) is 5.75 Å². The van der Waals surface area contributed by atoms with Gasteiger partial charge in [0.1, 0.15) is 12.4 Å². The van der Waals surface area contributed by atoms with Gasteiger partial charge in [0, 0.05) is 5.56 Å². The molecule has 0 aliphatic heterocycles. The third kappa shape index (κ3) is 3.18. The minimum absolute atomic E-state index is 0.340. The van der Waals surface area contributed by atoms with Crippen LogP contribution in [0.3, 0.4) is 0 Å². The van der Waals surface area contributed by atoms with Crippen molar-refractivity contribution in [1.82, 2.24) is 0 Å². The number of methoxy groups -OCH3 is 1. The van der Waals surface area contributed by atoms with E-state index < -0.39 is 0 Å². The van der Waals surface area contributed by atoms with E-state index in [0.29, 0.717) is 12.2 Å². The van der Waals surface area contributed by atoms with Crippen LogP contribution in [0.15, 0.2) is 48.5 Å². The maximum atomic E-state index is 11.7. The molecule has 0 spiro atoms. The fourth-order valence-electron chi connectivity index (χ4n) is 2.05. The number of ether oxygens (including phenoxy) is 2. The van der Waals surface area contributed by atoms with Gasteiger partial charge in [-0.3, -0.25) is 0 Å². The fourth-order valence-corrected chi connectivity index (χ4v) is 2.05. The molecule has 0 saturated carbocycles. The minimum Gasteiger partial charge on any atom is -0.489 e. The molecule has 0 aliphatic carbocycles. The number of benzene rings is 2. The van der Waals surface area contributed by atoms with Crippen LogP contribution < -0.4 is 4.74 Å². The van der Waals surface area contributed by atoms with Gasteiger partial charge in [-0.05, 0) is 24.1 Å². The average molecular weight is 270 g/mol. The number of carbonyl (C=O) groups is 1. The molecule has 0 heterocycles. The Balaban J connectivity index is 2.17. The number of rotatable bonds is 5. The summed E-state index contributed by atoms with van der Waals surface area (Å²) in [5.74, 6) is 0.516. The fraction of sp³-hybridized carbons (Fsp3) is 0.235. The lowest BCUT2D eigenvalue weighted by Gasteiger charge is -2.12. The van der Waals surface area contributed by atoms with Crippen LogP contribution in [-0.4, -0.2) is 13.1 Å². The van der Waals surface area contributed by atoms with Gasteiger partial charge in [0.2, 0.25) is 0 Å². The zero-order valence-corrected chi connectivity index (χ0v) is 11.8. The van der Waals surface area contributed by atoms with E-state index in [9.17, 15) is 4.79 Å². The summed E-state index contributed by atoms with van der Waals surface area (Å²) in [6.07, 6.45) is 0.912. The van der Waals surface area contributed by atoms with E-state index in [2.05, 4.69) is 6.92 Å². The molecule has 3 heteroatoms. The zero-order valence-electron chi connectivity index (χ0n) is 11.8. The molecule has 0 bridgehead atoms. The number of para-hydroxylation sites is 1. The summed E-state index contributed by atoms with van der Waals surface area (Å²) in [5, 5.41) is 0. The highest BCUT2D eigenvalue weighted by atomic mass is 16.5. The highest BCUT2D eigenvalue weighted by Crippen LogP contribution is 2.20. The van der Waals surface area contributed by atoms with Crippen molar-refractivity contribution >= 4 is 5.97 Å². The number of hydrogen-bond donors (Lipinski definition) is 0. The largest absolute Gasteiger partial charge is 0.489 e. The summed E-state index contributed by atoms with van der Waals surface area (Å²) in [7, 11) is 1.38. The molecular formula is C17H18O3. The predicted molar refractivity (Wildman–Crippen MR) is 77.9 cm³/mol. The SMILES string of the molecule is CCc1ccccc1OCc1ccccc1C(=O)OC. The molecule has 104 valence electrons. The van der Waals surface area contributed by atoms with Crippen molar-refractivity contribution in [2.75, 3.05) is 7.11 Å². The Morgan fingerprint density at radius 1 is 1.00 bits per heavy atom. The monoisotopic (exact) mass is 270 g/mol. The van der Waals surface area contributed by atoms with Crippen LogP contribution in [-0.2, 0) is 17.8 Å². The van der Waals surface area contributed by atoms with Crippen molar-refractivity contribution in [3.63, 3.8) is 0 Å². The highest BCUT2D eigenvalue weighted by molar-refractivity contribution is 5.90. The van der Waals surface area contributed by atoms with E-state index in [0.717, 1.165) is 23.3 Å². The Bertz CT molecular complexity index is 590. The molecule has 0 aliphatic rings. The summed E-state index contributed by atoms with van der Waals surface area (Å²) in [5.41, 5.74) is 2.53.